The Labute approximate surface area is 225 Å². The van der Waals surface area contributed by atoms with Crippen molar-refractivity contribution in [3.8, 4) is 0 Å². The van der Waals surface area contributed by atoms with Gasteiger partial charge in [-0.3, -0.25) is 0 Å². The monoisotopic (exact) mass is 575 g/mol. The predicted molar refractivity (Wildman–Crippen MR) is 154 cm³/mol. The average Bonchev–Trinajstić information content (AvgIpc) is 3.28. The summed E-state index contributed by atoms with van der Waals surface area (Å²) in [5, 5.41) is 2.39. The number of thioether (sulfide) groups is 2. The summed E-state index contributed by atoms with van der Waals surface area (Å²) in [6.07, 6.45) is 0.937. The minimum atomic E-state index is 0.252. The van der Waals surface area contributed by atoms with Crippen molar-refractivity contribution in [2.75, 3.05) is 5.73 Å². The summed E-state index contributed by atoms with van der Waals surface area (Å²) < 4.78 is 1.08. The smallest absolute Gasteiger partial charge is 0.191 e. The fraction of sp³-hybridized carbons (Fsp3) is 0.143. The molecule has 6 rings (SSSR count). The normalized spacial score (nSPS) is 17.4. The summed E-state index contributed by atoms with van der Waals surface area (Å²) in [7, 11) is 0. The SMILES string of the molecule is Nc1nc(SCc2ccc(Br)cc2)nc2sc3c(c12)C[C@H](c1ccccc1)S[C@H]3c1ccccc1. The van der Waals surface area contributed by atoms with Gasteiger partial charge in [0.2, 0.25) is 0 Å². The number of hydrogen-bond donors (Lipinski definition) is 1. The molecule has 3 nitrogen and oxygen atoms in total. The zero-order valence-electron chi connectivity index (χ0n) is 18.7. The molecule has 0 bridgehead atoms. The first kappa shape index (κ1) is 23.1. The molecule has 0 saturated heterocycles. The maximum atomic E-state index is 6.61. The predicted octanol–water partition coefficient (Wildman–Crippen LogP) is 8.45. The van der Waals surface area contributed by atoms with E-state index in [1.165, 1.54) is 27.1 Å². The summed E-state index contributed by atoms with van der Waals surface area (Å²) in [5.74, 6) is 1.40. The molecule has 0 spiro atoms. The number of halogens is 1. The van der Waals surface area contributed by atoms with Crippen LogP contribution in [-0.2, 0) is 12.2 Å². The van der Waals surface area contributed by atoms with Gasteiger partial charge in [0.25, 0.3) is 0 Å². The van der Waals surface area contributed by atoms with E-state index in [-0.39, 0.29) is 5.25 Å². The lowest BCUT2D eigenvalue weighted by Gasteiger charge is -2.30. The third-order valence-electron chi connectivity index (χ3n) is 6.17. The second kappa shape index (κ2) is 9.97. The van der Waals surface area contributed by atoms with Crippen molar-refractivity contribution in [2.45, 2.75) is 27.8 Å². The molecule has 0 aliphatic carbocycles. The van der Waals surface area contributed by atoms with Crippen LogP contribution >= 0.6 is 50.8 Å². The molecule has 174 valence electrons. The first-order valence-electron chi connectivity index (χ1n) is 11.4. The largest absolute Gasteiger partial charge is 0.383 e. The van der Waals surface area contributed by atoms with Crippen molar-refractivity contribution >= 4 is 66.8 Å². The molecule has 5 aromatic rings. The highest BCUT2D eigenvalue weighted by molar-refractivity contribution is 9.10. The zero-order valence-corrected chi connectivity index (χ0v) is 22.8. The molecule has 2 atom stereocenters. The van der Waals surface area contributed by atoms with Crippen LogP contribution in [0.3, 0.4) is 0 Å². The second-order valence-corrected chi connectivity index (χ2v) is 12.7. The minimum Gasteiger partial charge on any atom is -0.383 e. The lowest BCUT2D eigenvalue weighted by Crippen LogP contribution is -2.12. The fourth-order valence-corrected chi connectivity index (χ4v) is 8.62. The molecule has 3 aromatic carbocycles. The fourth-order valence-electron chi connectivity index (χ4n) is 4.47. The third-order valence-corrected chi connectivity index (χ3v) is 10.5. The highest BCUT2D eigenvalue weighted by atomic mass is 79.9. The molecule has 0 unspecified atom stereocenters. The van der Waals surface area contributed by atoms with Gasteiger partial charge in [-0.1, -0.05) is 100 Å². The second-order valence-electron chi connectivity index (χ2n) is 8.46. The molecule has 2 N–H and O–H groups in total. The standard InChI is InChI=1S/C28H22BrN3S3/c29-20-13-11-17(12-14-20)16-33-28-31-26(30)23-21-15-22(18-7-3-1-4-8-18)34-24(19-9-5-2-6-10-19)25(21)35-27(23)32-28/h1-14,22,24H,15-16H2,(H2,30,31,32)/t22-,24+/m1/s1. The number of nitrogen functional groups attached to an aromatic ring is 1. The van der Waals surface area contributed by atoms with Crippen molar-refractivity contribution in [1.82, 2.24) is 9.97 Å². The van der Waals surface area contributed by atoms with Gasteiger partial charge in [0.1, 0.15) is 10.6 Å². The van der Waals surface area contributed by atoms with E-state index in [0.717, 1.165) is 32.0 Å². The van der Waals surface area contributed by atoms with Crippen LogP contribution in [0.25, 0.3) is 10.2 Å². The number of nitrogens with zero attached hydrogens (tertiary/aromatic N) is 2. The molecule has 3 heterocycles. The van der Waals surface area contributed by atoms with Gasteiger partial charge in [-0.15, -0.1) is 23.1 Å². The molecule has 0 fully saturated rings. The molecule has 0 saturated carbocycles. The highest BCUT2D eigenvalue weighted by Gasteiger charge is 2.34. The van der Waals surface area contributed by atoms with Crippen molar-refractivity contribution in [3.63, 3.8) is 0 Å². The van der Waals surface area contributed by atoms with Crippen LogP contribution in [0.1, 0.15) is 37.6 Å². The van der Waals surface area contributed by atoms with Crippen LogP contribution < -0.4 is 5.73 Å². The third kappa shape index (κ3) is 4.75. The van der Waals surface area contributed by atoms with Crippen molar-refractivity contribution in [2.24, 2.45) is 0 Å². The lowest BCUT2D eigenvalue weighted by molar-refractivity contribution is 0.893. The van der Waals surface area contributed by atoms with Crippen LogP contribution in [-0.4, -0.2) is 9.97 Å². The Morgan fingerprint density at radius 3 is 2.29 bits per heavy atom. The van der Waals surface area contributed by atoms with E-state index < -0.39 is 0 Å². The van der Waals surface area contributed by atoms with Crippen molar-refractivity contribution in [1.29, 1.82) is 0 Å². The van der Waals surface area contributed by atoms with E-state index in [2.05, 4.69) is 101 Å². The van der Waals surface area contributed by atoms with Gasteiger partial charge in [0.15, 0.2) is 5.16 Å². The Morgan fingerprint density at radius 2 is 1.57 bits per heavy atom. The Kier molecular flexibility index (Phi) is 6.58. The van der Waals surface area contributed by atoms with Gasteiger partial charge in [-0.25, -0.2) is 9.97 Å². The van der Waals surface area contributed by atoms with E-state index in [4.69, 9.17) is 15.7 Å². The van der Waals surface area contributed by atoms with Gasteiger partial charge >= 0.3 is 0 Å². The Morgan fingerprint density at radius 1 is 0.886 bits per heavy atom. The zero-order chi connectivity index (χ0) is 23.8. The number of rotatable bonds is 5. The topological polar surface area (TPSA) is 51.8 Å². The molecule has 35 heavy (non-hydrogen) atoms. The van der Waals surface area contributed by atoms with Gasteiger partial charge in [-0.05, 0) is 40.8 Å². The molecule has 7 heteroatoms. The summed E-state index contributed by atoms with van der Waals surface area (Å²) in [6, 6.07) is 29.9. The summed E-state index contributed by atoms with van der Waals surface area (Å²) in [5.41, 5.74) is 11.8. The van der Waals surface area contributed by atoms with Gasteiger partial charge < -0.3 is 5.73 Å². The van der Waals surface area contributed by atoms with Crippen molar-refractivity contribution < 1.29 is 0 Å². The Hall–Kier alpha value is -2.32. The summed E-state index contributed by atoms with van der Waals surface area (Å²) in [6.45, 7) is 0. The number of nitrogens with two attached hydrogens (primary N) is 1. The summed E-state index contributed by atoms with van der Waals surface area (Å²) >= 11 is 8.94. The Bertz CT molecular complexity index is 1470. The number of anilines is 1. The lowest BCUT2D eigenvalue weighted by atomic mass is 9.98. The molecule has 1 aliphatic heterocycles. The number of aromatic nitrogens is 2. The maximum absolute atomic E-state index is 6.61. The van der Waals surface area contributed by atoms with Crippen LogP contribution in [0.5, 0.6) is 0 Å². The van der Waals surface area contributed by atoms with Crippen LogP contribution in [0.15, 0.2) is 94.6 Å². The van der Waals surface area contributed by atoms with E-state index >= 15 is 0 Å². The maximum Gasteiger partial charge on any atom is 0.191 e. The average molecular weight is 577 g/mol. The molecule has 0 radical (unpaired) electrons. The Balaban J connectivity index is 1.39. The number of benzene rings is 3. The quantitative estimate of drug-likeness (QED) is 0.168. The number of hydrogen-bond acceptors (Lipinski definition) is 6. The molecule has 0 amide bonds. The molecule has 2 aromatic heterocycles. The van der Waals surface area contributed by atoms with E-state index in [0.29, 0.717) is 11.1 Å². The molecular formula is C28H22BrN3S3. The molecule has 1 aliphatic rings. The highest BCUT2D eigenvalue weighted by Crippen LogP contribution is 2.55. The van der Waals surface area contributed by atoms with Crippen LogP contribution in [0, 0.1) is 0 Å². The van der Waals surface area contributed by atoms with Crippen LogP contribution in [0.2, 0.25) is 0 Å². The minimum absolute atomic E-state index is 0.252. The number of thiophene rings is 1. The first-order chi connectivity index (χ1) is 17.2. The van der Waals surface area contributed by atoms with E-state index in [1.54, 1.807) is 23.1 Å². The van der Waals surface area contributed by atoms with E-state index in [1.807, 2.05) is 11.8 Å². The van der Waals surface area contributed by atoms with E-state index in [9.17, 15) is 0 Å². The van der Waals surface area contributed by atoms with Crippen molar-refractivity contribution in [3.05, 3.63) is 117 Å². The van der Waals surface area contributed by atoms with Crippen LogP contribution in [0.4, 0.5) is 5.82 Å². The molecular weight excluding hydrogens is 554 g/mol. The summed E-state index contributed by atoms with van der Waals surface area (Å²) in [4.78, 5) is 12.1. The van der Waals surface area contributed by atoms with Gasteiger partial charge in [0.05, 0.1) is 10.6 Å². The van der Waals surface area contributed by atoms with Gasteiger partial charge in [0, 0.05) is 20.4 Å². The first-order valence-corrected chi connectivity index (χ1v) is 14.9. The number of fused-ring (bicyclic) bond motifs is 3. The van der Waals surface area contributed by atoms with Gasteiger partial charge in [-0.2, -0.15) is 0 Å².